The van der Waals surface area contributed by atoms with E-state index in [1.165, 1.54) is 12.8 Å². The molecule has 0 aliphatic rings. The SMILES string of the molecule is CC.CC.CCC.CCC.[CH3-].[CH3-].[CH3-].[Y].[Y].[Y].[Y].[Y].[Y].c1ccccc1.c1ccccc1.c1ccccc1. The van der Waals surface area contributed by atoms with Gasteiger partial charge < -0.3 is 22.3 Å². The van der Waals surface area contributed by atoms with Crippen LogP contribution < -0.4 is 0 Å². The van der Waals surface area contributed by atoms with Crippen LogP contribution in [-0.2, 0) is 196 Å². The quantitative estimate of drug-likeness (QED) is 0.197. The Balaban J connectivity index is -0.0000000165. The average molecular weight is 961 g/mol. The van der Waals surface area contributed by atoms with Gasteiger partial charge in [-0.3, -0.25) is 0 Å². The van der Waals surface area contributed by atoms with Crippen molar-refractivity contribution in [1.29, 1.82) is 0 Å². The summed E-state index contributed by atoms with van der Waals surface area (Å²) >= 11 is 0. The summed E-state index contributed by atoms with van der Waals surface area (Å²) in [5, 5.41) is 0. The van der Waals surface area contributed by atoms with Crippen LogP contribution in [0.2, 0.25) is 0 Å². The molecule has 0 fully saturated rings. The van der Waals surface area contributed by atoms with Gasteiger partial charge in [0.1, 0.15) is 0 Å². The van der Waals surface area contributed by atoms with Crippen LogP contribution in [-0.4, -0.2) is 0 Å². The van der Waals surface area contributed by atoms with E-state index in [0.29, 0.717) is 0 Å². The first kappa shape index (κ1) is 83.7. The van der Waals surface area contributed by atoms with Gasteiger partial charge in [0.25, 0.3) is 0 Å². The van der Waals surface area contributed by atoms with Crippen LogP contribution >= 0.6 is 0 Å². The second-order valence-corrected chi connectivity index (χ2v) is 4.88. The minimum atomic E-state index is 0. The van der Waals surface area contributed by atoms with E-state index in [0.717, 1.165) is 0 Å². The first-order valence-corrected chi connectivity index (χ1v) is 10.8. The molecule has 0 unspecified atom stereocenters. The Hall–Kier alpha value is 4.28. The van der Waals surface area contributed by atoms with Crippen LogP contribution in [0.4, 0.5) is 0 Å². The Morgan fingerprint density at radius 1 is 0.243 bits per heavy atom. The first-order chi connectivity index (χ1) is 13.8. The van der Waals surface area contributed by atoms with Crippen molar-refractivity contribution >= 4 is 0 Å². The molecule has 0 bridgehead atoms. The van der Waals surface area contributed by atoms with Crippen molar-refractivity contribution in [2.75, 3.05) is 0 Å². The van der Waals surface area contributed by atoms with E-state index >= 15 is 0 Å². The number of hydrogen-bond acceptors (Lipinski definition) is 0. The van der Waals surface area contributed by atoms with Gasteiger partial charge in [-0.05, 0) is 0 Å². The summed E-state index contributed by atoms with van der Waals surface area (Å²) in [6.45, 7) is 16.5. The van der Waals surface area contributed by atoms with Crippen LogP contribution in [0.3, 0.4) is 0 Å². The molecule has 0 spiro atoms. The zero-order valence-electron chi connectivity index (χ0n) is 26.3. The molecule has 3 aromatic carbocycles. The zero-order valence-corrected chi connectivity index (χ0v) is 43.3. The second-order valence-electron chi connectivity index (χ2n) is 4.88. The molecule has 0 aliphatic carbocycles. The molecular weight excluding hydrogens is 906 g/mol. The van der Waals surface area contributed by atoms with Gasteiger partial charge in [0.05, 0.1) is 0 Å². The van der Waals surface area contributed by atoms with E-state index in [1.807, 2.05) is 137 Å². The summed E-state index contributed by atoms with van der Waals surface area (Å²) < 4.78 is 0. The molecule has 0 atom stereocenters. The average Bonchev–Trinajstić information content (AvgIpc) is 2.82. The fourth-order valence-electron chi connectivity index (χ4n) is 1.15. The molecule has 0 saturated carbocycles. The Bertz CT molecular complexity index is 341. The van der Waals surface area contributed by atoms with Gasteiger partial charge >= 0.3 is 0 Å². The monoisotopic (exact) mass is 961 g/mol. The molecule has 0 saturated heterocycles. The zero-order chi connectivity index (χ0) is 22.1. The van der Waals surface area contributed by atoms with Gasteiger partial charge in [-0.15, -0.1) is 0 Å². The maximum absolute atomic E-state index is 2.12. The van der Waals surface area contributed by atoms with Gasteiger partial charge in [-0.2, -0.15) is 0 Å². The van der Waals surface area contributed by atoms with Crippen LogP contribution in [0.1, 0.15) is 68.2 Å². The van der Waals surface area contributed by atoms with Gasteiger partial charge in [0.15, 0.2) is 0 Å². The minimum Gasteiger partial charge on any atom is -0.358 e. The molecule has 37 heavy (non-hydrogen) atoms. The van der Waals surface area contributed by atoms with E-state index in [-0.39, 0.29) is 219 Å². The maximum Gasteiger partial charge on any atom is 0 e. The summed E-state index contributed by atoms with van der Waals surface area (Å²) in [5.41, 5.74) is 0. The maximum atomic E-state index is 2.12. The van der Waals surface area contributed by atoms with Crippen LogP contribution in [0.15, 0.2) is 109 Å². The molecule has 3 rings (SSSR count). The van der Waals surface area contributed by atoms with E-state index in [9.17, 15) is 0 Å². The number of benzene rings is 3. The predicted octanol–water partition coefficient (Wildman–Crippen LogP) is 11.3. The summed E-state index contributed by atoms with van der Waals surface area (Å²) in [6.07, 6.45) is 2.50. The molecular formula is C31H55Y6-3. The molecule has 6 heteroatoms. The normalized spacial score (nSPS) is 5.19. The topological polar surface area (TPSA) is 0 Å². The fraction of sp³-hybridized carbons (Fsp3) is 0.323. The van der Waals surface area contributed by atoms with Crippen LogP contribution in [0, 0.1) is 22.3 Å². The smallest absolute Gasteiger partial charge is 0 e. The molecule has 0 nitrogen and oxygen atoms in total. The standard InChI is InChI=1S/3C6H6.2C3H8.2C2H6.3CH3.6Y/c3*1-2-4-6-5-3-1;2*1-3-2;2*1-2;;;;;;;;;/h3*1-6H;2*3H2,1-2H3;2*1-2H3;3*1H3;;;;;;/q;;;;;;;3*-1;;;;;;. The van der Waals surface area contributed by atoms with E-state index in [1.54, 1.807) is 0 Å². The van der Waals surface area contributed by atoms with Crippen LogP contribution in [0.5, 0.6) is 0 Å². The van der Waals surface area contributed by atoms with Crippen molar-refractivity contribution in [2.45, 2.75) is 68.2 Å². The molecule has 0 N–H and O–H groups in total. The third-order valence-corrected chi connectivity index (χ3v) is 2.00. The first-order valence-electron chi connectivity index (χ1n) is 10.8. The Morgan fingerprint density at radius 2 is 0.270 bits per heavy atom. The van der Waals surface area contributed by atoms with Crippen molar-refractivity contribution in [3.63, 3.8) is 0 Å². The van der Waals surface area contributed by atoms with Crippen molar-refractivity contribution in [2.24, 2.45) is 0 Å². The summed E-state index contributed by atoms with van der Waals surface area (Å²) in [5.74, 6) is 0. The fourth-order valence-corrected chi connectivity index (χ4v) is 1.15. The number of hydrogen-bond donors (Lipinski definition) is 0. The predicted molar refractivity (Wildman–Crippen MR) is 153 cm³/mol. The molecule has 3 aromatic rings. The van der Waals surface area contributed by atoms with Gasteiger partial charge in [-0.1, -0.05) is 177 Å². The van der Waals surface area contributed by atoms with Gasteiger partial charge in [-0.25, -0.2) is 0 Å². The second kappa shape index (κ2) is 105. The van der Waals surface area contributed by atoms with E-state index in [4.69, 9.17) is 0 Å². The molecule has 200 valence electrons. The summed E-state index contributed by atoms with van der Waals surface area (Å²) in [4.78, 5) is 0. The van der Waals surface area contributed by atoms with Crippen molar-refractivity contribution in [1.82, 2.24) is 0 Å². The van der Waals surface area contributed by atoms with Crippen molar-refractivity contribution in [3.8, 4) is 0 Å². The summed E-state index contributed by atoms with van der Waals surface area (Å²) in [7, 11) is 0. The minimum absolute atomic E-state index is 0. The molecule has 0 heterocycles. The van der Waals surface area contributed by atoms with Crippen molar-refractivity contribution in [3.05, 3.63) is 131 Å². The molecule has 6 radical (unpaired) electrons. The third-order valence-electron chi connectivity index (χ3n) is 2.00. The molecule has 0 aliphatic heterocycles. The molecule has 0 aromatic heterocycles. The largest absolute Gasteiger partial charge is 0.358 e. The Morgan fingerprint density at radius 3 is 0.297 bits per heavy atom. The van der Waals surface area contributed by atoms with E-state index < -0.39 is 0 Å². The van der Waals surface area contributed by atoms with Crippen molar-refractivity contribution < 1.29 is 196 Å². The van der Waals surface area contributed by atoms with Gasteiger partial charge in [0, 0.05) is 196 Å². The van der Waals surface area contributed by atoms with E-state index in [2.05, 4.69) is 27.7 Å². The Labute approximate surface area is 388 Å². The number of rotatable bonds is 0. The third kappa shape index (κ3) is 119. The van der Waals surface area contributed by atoms with Crippen LogP contribution in [0.25, 0.3) is 0 Å². The Kier molecular flexibility index (Phi) is 239. The van der Waals surface area contributed by atoms with Gasteiger partial charge in [0.2, 0.25) is 0 Å². The summed E-state index contributed by atoms with van der Waals surface area (Å²) in [6, 6.07) is 36.0. The molecule has 0 amide bonds.